The Labute approximate surface area is 181 Å². The molecule has 0 unspecified atom stereocenters. The highest BCUT2D eigenvalue weighted by atomic mass is 16.3. The molecular formula is C23H30N6O2. The van der Waals surface area contributed by atoms with Crippen molar-refractivity contribution < 1.29 is 9.90 Å². The lowest BCUT2D eigenvalue weighted by Gasteiger charge is -2.30. The van der Waals surface area contributed by atoms with Crippen molar-refractivity contribution in [1.29, 1.82) is 5.26 Å². The molecule has 3 N–H and O–H groups in total. The molecular weight excluding hydrogens is 392 g/mol. The topological polar surface area (TPSA) is 120 Å². The third-order valence-corrected chi connectivity index (χ3v) is 6.38. The van der Waals surface area contributed by atoms with Crippen LogP contribution in [-0.2, 0) is 11.2 Å². The minimum absolute atomic E-state index is 0.00880. The molecule has 0 aromatic carbocycles. The normalized spacial score (nSPS) is 19.5. The molecule has 4 rings (SSSR count). The Hall–Kier alpha value is -2.92. The molecule has 8 heteroatoms. The molecule has 1 aliphatic rings. The van der Waals surface area contributed by atoms with Gasteiger partial charge < -0.3 is 20.0 Å². The van der Waals surface area contributed by atoms with Crippen LogP contribution in [0.15, 0.2) is 18.5 Å². The molecule has 1 fully saturated rings. The Morgan fingerprint density at radius 2 is 2.16 bits per heavy atom. The van der Waals surface area contributed by atoms with Gasteiger partial charge in [-0.15, -0.1) is 0 Å². The van der Waals surface area contributed by atoms with Gasteiger partial charge in [-0.2, -0.15) is 5.26 Å². The van der Waals surface area contributed by atoms with Gasteiger partial charge in [0.15, 0.2) is 0 Å². The third-order valence-electron chi connectivity index (χ3n) is 6.38. The first-order valence-corrected chi connectivity index (χ1v) is 11.0. The number of rotatable bonds is 7. The number of pyridine rings is 1. The maximum Gasteiger partial charge on any atom is 0.227 e. The fraction of sp³-hybridized carbons (Fsp3) is 0.565. The molecule has 8 nitrogen and oxygen atoms in total. The van der Waals surface area contributed by atoms with Crippen molar-refractivity contribution in [3.8, 4) is 6.07 Å². The van der Waals surface area contributed by atoms with Crippen LogP contribution in [0.3, 0.4) is 0 Å². The smallest absolute Gasteiger partial charge is 0.227 e. The van der Waals surface area contributed by atoms with Crippen LogP contribution in [0, 0.1) is 22.7 Å². The molecule has 0 aliphatic heterocycles. The van der Waals surface area contributed by atoms with E-state index < -0.39 is 0 Å². The predicted molar refractivity (Wildman–Crippen MR) is 118 cm³/mol. The molecule has 0 radical (unpaired) electrons. The van der Waals surface area contributed by atoms with Crippen LogP contribution in [-0.4, -0.2) is 43.7 Å². The van der Waals surface area contributed by atoms with Gasteiger partial charge in [0.25, 0.3) is 0 Å². The summed E-state index contributed by atoms with van der Waals surface area (Å²) in [4.78, 5) is 25.2. The fourth-order valence-corrected chi connectivity index (χ4v) is 4.49. The molecule has 0 atom stereocenters. The van der Waals surface area contributed by atoms with Gasteiger partial charge in [-0.1, -0.05) is 13.8 Å². The van der Waals surface area contributed by atoms with E-state index in [9.17, 15) is 9.90 Å². The second-order valence-corrected chi connectivity index (χ2v) is 9.44. The minimum atomic E-state index is -0.365. The zero-order valence-electron chi connectivity index (χ0n) is 18.2. The van der Waals surface area contributed by atoms with Crippen molar-refractivity contribution in [1.82, 2.24) is 24.8 Å². The summed E-state index contributed by atoms with van der Waals surface area (Å²) in [7, 11) is 0. The molecule has 3 heterocycles. The fourth-order valence-electron chi connectivity index (χ4n) is 4.49. The summed E-state index contributed by atoms with van der Waals surface area (Å²) < 4.78 is 2.24. The van der Waals surface area contributed by atoms with E-state index in [0.717, 1.165) is 53.6 Å². The van der Waals surface area contributed by atoms with Crippen molar-refractivity contribution >= 4 is 28.0 Å². The van der Waals surface area contributed by atoms with Crippen LogP contribution in [0.4, 0.5) is 0 Å². The number of H-pyrrole nitrogens is 1. The van der Waals surface area contributed by atoms with E-state index in [2.05, 4.69) is 25.9 Å². The van der Waals surface area contributed by atoms with Gasteiger partial charge in [0.05, 0.1) is 24.2 Å². The van der Waals surface area contributed by atoms with Crippen LogP contribution in [0.5, 0.6) is 0 Å². The molecule has 1 saturated carbocycles. The van der Waals surface area contributed by atoms with Crippen molar-refractivity contribution in [2.24, 2.45) is 11.3 Å². The number of nitrogens with one attached hydrogen (secondary N) is 2. The van der Waals surface area contributed by atoms with E-state index in [1.54, 1.807) is 6.20 Å². The van der Waals surface area contributed by atoms with Gasteiger partial charge in [0.2, 0.25) is 5.91 Å². The number of aliphatic hydroxyl groups excluding tert-OH is 1. The van der Waals surface area contributed by atoms with E-state index in [1.165, 1.54) is 0 Å². The average molecular weight is 423 g/mol. The highest BCUT2D eigenvalue weighted by molar-refractivity contribution is 6.01. The highest BCUT2D eigenvalue weighted by Gasteiger charge is 2.28. The number of aromatic amines is 1. The number of carbonyl (C=O) groups excluding carboxylic acids is 1. The molecule has 1 amide bonds. The molecule has 3 aromatic heterocycles. The van der Waals surface area contributed by atoms with Gasteiger partial charge in [-0.3, -0.25) is 4.79 Å². The summed E-state index contributed by atoms with van der Waals surface area (Å²) in [5.41, 5.74) is 2.27. The van der Waals surface area contributed by atoms with Gasteiger partial charge in [0.1, 0.15) is 17.0 Å². The number of hydrogen-bond acceptors (Lipinski definition) is 5. The minimum Gasteiger partial charge on any atom is -0.396 e. The Bertz CT molecular complexity index is 1110. The summed E-state index contributed by atoms with van der Waals surface area (Å²) >= 11 is 0. The third kappa shape index (κ3) is 4.42. The number of aliphatic hydroxyl groups is 1. The van der Waals surface area contributed by atoms with Gasteiger partial charge in [-0.05, 0) is 37.7 Å². The second kappa shape index (κ2) is 8.67. The number of carbonyl (C=O) groups is 1. The van der Waals surface area contributed by atoms with Crippen LogP contribution >= 0.6 is 0 Å². The monoisotopic (exact) mass is 422 g/mol. The second-order valence-electron chi connectivity index (χ2n) is 9.44. The van der Waals surface area contributed by atoms with Crippen molar-refractivity contribution in [3.05, 3.63) is 24.3 Å². The standard InChI is InChI=1S/C23H30N6O2/c1-23(2,14-30)13-27-20(31)11-19-28-18-12-26-22-17(8-10-25-22)21(18)29(19)16-5-3-15(4-6-16)7-9-24/h8,10,12,15-16,30H,3-7,11,13-14H2,1-2H3,(H,25,26)(H,27,31)/t15-,16-. The highest BCUT2D eigenvalue weighted by Crippen LogP contribution is 2.38. The number of hydrogen-bond donors (Lipinski definition) is 3. The maximum absolute atomic E-state index is 12.7. The zero-order chi connectivity index (χ0) is 22.0. The largest absolute Gasteiger partial charge is 0.396 e. The van der Waals surface area contributed by atoms with Crippen LogP contribution in [0.1, 0.15) is 57.8 Å². The SMILES string of the molecule is CC(C)(CO)CNC(=O)Cc1nc2cnc3[nH]ccc3c2n1[C@H]1CC[C@H](CC#N)CC1. The predicted octanol–water partition coefficient (Wildman–Crippen LogP) is 3.23. The van der Waals surface area contributed by atoms with E-state index >= 15 is 0 Å². The van der Waals surface area contributed by atoms with Crippen molar-refractivity contribution in [3.63, 3.8) is 0 Å². The van der Waals surface area contributed by atoms with E-state index in [-0.39, 0.29) is 30.4 Å². The first kappa shape index (κ1) is 21.3. The number of nitrogens with zero attached hydrogens (tertiary/aromatic N) is 4. The Morgan fingerprint density at radius 3 is 2.87 bits per heavy atom. The number of imidazole rings is 1. The van der Waals surface area contributed by atoms with Crippen molar-refractivity contribution in [2.45, 2.75) is 58.4 Å². The van der Waals surface area contributed by atoms with Crippen molar-refractivity contribution in [2.75, 3.05) is 13.2 Å². The van der Waals surface area contributed by atoms with E-state index in [0.29, 0.717) is 18.9 Å². The Morgan fingerprint density at radius 1 is 1.39 bits per heavy atom. The average Bonchev–Trinajstić information content (AvgIpc) is 3.37. The summed E-state index contributed by atoms with van der Waals surface area (Å²) in [5, 5.41) is 22.4. The lowest BCUT2D eigenvalue weighted by molar-refractivity contribution is -0.121. The number of amides is 1. The molecule has 0 saturated heterocycles. The lowest BCUT2D eigenvalue weighted by Crippen LogP contribution is -2.37. The van der Waals surface area contributed by atoms with Crippen LogP contribution < -0.4 is 5.32 Å². The molecule has 0 spiro atoms. The van der Waals surface area contributed by atoms with E-state index in [4.69, 9.17) is 10.2 Å². The maximum atomic E-state index is 12.7. The Kier molecular flexibility index (Phi) is 5.96. The summed E-state index contributed by atoms with van der Waals surface area (Å²) in [5.74, 6) is 1.10. The molecule has 164 valence electrons. The van der Waals surface area contributed by atoms with Crippen LogP contribution in [0.2, 0.25) is 0 Å². The summed E-state index contributed by atoms with van der Waals surface area (Å²) in [6.45, 7) is 4.24. The molecule has 1 aliphatic carbocycles. The number of fused-ring (bicyclic) bond motifs is 3. The molecule has 0 bridgehead atoms. The number of aromatic nitrogens is 4. The van der Waals surface area contributed by atoms with Gasteiger partial charge in [-0.25, -0.2) is 9.97 Å². The van der Waals surface area contributed by atoms with Gasteiger partial charge in [0, 0.05) is 42.6 Å². The lowest BCUT2D eigenvalue weighted by atomic mass is 9.84. The van der Waals surface area contributed by atoms with E-state index in [1.807, 2.05) is 26.1 Å². The number of nitriles is 1. The summed E-state index contributed by atoms with van der Waals surface area (Å²) in [6.07, 6.45) is 8.39. The first-order chi connectivity index (χ1) is 14.9. The van der Waals surface area contributed by atoms with Gasteiger partial charge >= 0.3 is 0 Å². The first-order valence-electron chi connectivity index (χ1n) is 11.0. The zero-order valence-corrected chi connectivity index (χ0v) is 18.2. The molecule has 3 aromatic rings. The molecule has 31 heavy (non-hydrogen) atoms. The summed E-state index contributed by atoms with van der Waals surface area (Å²) in [6, 6.07) is 4.56. The quantitative estimate of drug-likeness (QED) is 0.540. The Balaban J connectivity index is 1.66. The van der Waals surface area contributed by atoms with Crippen LogP contribution in [0.25, 0.3) is 22.1 Å².